The molecular weight excluding hydrogens is 628 g/mol. The average molecular weight is 671 g/mol. The molecule has 0 radical (unpaired) electrons. The summed E-state index contributed by atoms with van der Waals surface area (Å²) in [6.07, 6.45) is -3.16. The molecule has 5 atom stereocenters. The number of alkyl carbamates (subject to hydrolysis) is 1. The Bertz CT molecular complexity index is 1630. The number of hydrogen-bond donors (Lipinski definition) is 5. The number of ether oxygens (including phenoxy) is 4. The molecule has 1 saturated heterocycles. The highest BCUT2D eigenvalue weighted by atomic mass is 16.6. The second-order valence-corrected chi connectivity index (χ2v) is 13.0. The van der Waals surface area contributed by atoms with Crippen LogP contribution in [0.2, 0.25) is 0 Å². The molecule has 1 aliphatic rings. The molecule has 260 valence electrons. The molecule has 3 aromatic rings. The number of nitrogen functional groups attached to an aromatic ring is 1. The zero-order chi connectivity index (χ0) is 35.4. The van der Waals surface area contributed by atoms with Crippen LogP contribution in [0.25, 0.3) is 11.2 Å². The van der Waals surface area contributed by atoms with E-state index in [9.17, 15) is 24.3 Å². The van der Waals surface area contributed by atoms with Crippen LogP contribution < -0.4 is 21.7 Å². The van der Waals surface area contributed by atoms with Crippen molar-refractivity contribution in [1.82, 2.24) is 30.2 Å². The van der Waals surface area contributed by atoms with Crippen LogP contribution in [-0.4, -0.2) is 90.8 Å². The zero-order valence-corrected chi connectivity index (χ0v) is 27.8. The number of hydrogen-bond acceptors (Lipinski definition) is 13. The Morgan fingerprint density at radius 1 is 1.00 bits per heavy atom. The van der Waals surface area contributed by atoms with Crippen LogP contribution in [0.15, 0.2) is 36.9 Å². The Labute approximate surface area is 276 Å². The summed E-state index contributed by atoms with van der Waals surface area (Å²) < 4.78 is 23.2. The fourth-order valence-corrected chi connectivity index (χ4v) is 4.85. The molecule has 1 aliphatic heterocycles. The monoisotopic (exact) mass is 670 g/mol. The number of aliphatic hydroxyl groups excluding tert-OH is 1. The summed E-state index contributed by atoms with van der Waals surface area (Å²) in [5.74, 6) is -1.48. The van der Waals surface area contributed by atoms with Gasteiger partial charge in [0.1, 0.15) is 35.2 Å². The SMILES string of the molecule is CCOC(=O)[C@H]1O[C@@H](n2cnc3c(N)ncnc32)[C@H](O)[C@@H]1NC(=O)C(Cc1ccc(NC(=O)OC(C)(C)C)cc1)NC(=O)OC(C)(C)C. The maximum Gasteiger partial charge on any atom is 0.412 e. The molecule has 48 heavy (non-hydrogen) atoms. The number of imidazole rings is 1. The first kappa shape index (κ1) is 35.8. The molecule has 3 heterocycles. The van der Waals surface area contributed by atoms with Gasteiger partial charge in [-0.2, -0.15) is 0 Å². The Hall–Kier alpha value is -5.03. The highest BCUT2D eigenvalue weighted by molar-refractivity contribution is 5.88. The van der Waals surface area contributed by atoms with E-state index in [1.807, 2.05) is 0 Å². The molecule has 4 rings (SSSR count). The molecule has 17 heteroatoms. The van der Waals surface area contributed by atoms with E-state index in [2.05, 4.69) is 30.9 Å². The van der Waals surface area contributed by atoms with E-state index < -0.39 is 65.8 Å². The first-order chi connectivity index (χ1) is 22.5. The number of carbonyl (C=O) groups is 4. The van der Waals surface area contributed by atoms with Crippen LogP contribution in [0.1, 0.15) is 60.3 Å². The van der Waals surface area contributed by atoms with Gasteiger partial charge in [0.2, 0.25) is 5.91 Å². The number of nitrogens with zero attached hydrogens (tertiary/aromatic N) is 4. The van der Waals surface area contributed by atoms with E-state index in [-0.39, 0.29) is 30.0 Å². The highest BCUT2D eigenvalue weighted by Gasteiger charge is 2.50. The molecule has 1 aromatic carbocycles. The van der Waals surface area contributed by atoms with Crippen LogP contribution in [-0.2, 0) is 35.0 Å². The van der Waals surface area contributed by atoms with Crippen molar-refractivity contribution in [3.63, 3.8) is 0 Å². The summed E-state index contributed by atoms with van der Waals surface area (Å²) in [7, 11) is 0. The molecule has 0 spiro atoms. The number of nitrogens with one attached hydrogen (secondary N) is 3. The first-order valence-electron chi connectivity index (χ1n) is 15.3. The fourth-order valence-electron chi connectivity index (χ4n) is 4.85. The van der Waals surface area contributed by atoms with Gasteiger partial charge in [-0.25, -0.2) is 29.3 Å². The van der Waals surface area contributed by atoms with Gasteiger partial charge in [0.15, 0.2) is 23.8 Å². The standard InChI is InChI=1S/C31H42N8O9/c1-8-45-27(42)22-19(21(40)26(46-22)39-15-35-20-23(32)33-14-34-24(20)39)38-25(41)18(37-29(44)48-31(5,6)7)13-16-9-11-17(12-10-16)36-28(43)47-30(2,3)4/h9-12,14-15,18-19,21-22,26,40H,8,13H2,1-7H3,(H,36,43)(H,37,44)(H,38,41)(H2,32,33,34)/t18?,19-,21+,22-,26+/m0/s1. The smallest absolute Gasteiger partial charge is 0.412 e. The van der Waals surface area contributed by atoms with Crippen molar-refractivity contribution < 1.29 is 43.2 Å². The Balaban J connectivity index is 1.57. The minimum absolute atomic E-state index is 0.0134. The number of fused-ring (bicyclic) bond motifs is 1. The number of nitrogens with two attached hydrogens (primary N) is 1. The second-order valence-electron chi connectivity index (χ2n) is 13.0. The number of anilines is 2. The van der Waals surface area contributed by atoms with Crippen molar-refractivity contribution >= 4 is 46.7 Å². The minimum atomic E-state index is -1.50. The normalized spacial score (nSPS) is 20.1. The van der Waals surface area contributed by atoms with Crippen LogP contribution in [0, 0.1) is 0 Å². The van der Waals surface area contributed by atoms with Gasteiger partial charge in [-0.05, 0) is 66.2 Å². The van der Waals surface area contributed by atoms with Gasteiger partial charge in [0.05, 0.1) is 19.0 Å². The summed E-state index contributed by atoms with van der Waals surface area (Å²) in [4.78, 5) is 64.1. The number of aliphatic hydroxyl groups is 1. The van der Waals surface area contributed by atoms with E-state index in [4.69, 9.17) is 24.7 Å². The van der Waals surface area contributed by atoms with Gasteiger partial charge in [-0.1, -0.05) is 12.1 Å². The summed E-state index contributed by atoms with van der Waals surface area (Å²) >= 11 is 0. The van der Waals surface area contributed by atoms with Crippen molar-refractivity contribution in [2.75, 3.05) is 17.7 Å². The number of rotatable bonds is 9. The predicted molar refractivity (Wildman–Crippen MR) is 171 cm³/mol. The van der Waals surface area contributed by atoms with E-state index in [0.29, 0.717) is 11.3 Å². The molecule has 17 nitrogen and oxygen atoms in total. The predicted octanol–water partition coefficient (Wildman–Crippen LogP) is 2.20. The third kappa shape index (κ3) is 9.07. The summed E-state index contributed by atoms with van der Waals surface area (Å²) in [5.41, 5.74) is 5.89. The Kier molecular flexibility index (Phi) is 10.7. The first-order valence-corrected chi connectivity index (χ1v) is 15.3. The van der Waals surface area contributed by atoms with Crippen molar-refractivity contribution in [3.8, 4) is 0 Å². The van der Waals surface area contributed by atoms with E-state index in [0.717, 1.165) is 0 Å². The Morgan fingerprint density at radius 3 is 2.27 bits per heavy atom. The summed E-state index contributed by atoms with van der Waals surface area (Å²) in [6, 6.07) is 3.99. The van der Waals surface area contributed by atoms with Crippen LogP contribution in [0.4, 0.5) is 21.1 Å². The van der Waals surface area contributed by atoms with Gasteiger partial charge >= 0.3 is 18.2 Å². The molecule has 6 N–H and O–H groups in total. The van der Waals surface area contributed by atoms with Crippen LogP contribution in [0.5, 0.6) is 0 Å². The van der Waals surface area contributed by atoms with Crippen molar-refractivity contribution in [2.45, 2.75) is 96.6 Å². The fraction of sp³-hybridized carbons (Fsp3) is 0.516. The number of benzene rings is 1. The third-order valence-corrected chi connectivity index (χ3v) is 6.81. The lowest BCUT2D eigenvalue weighted by Crippen LogP contribution is -2.56. The lowest BCUT2D eigenvalue weighted by Gasteiger charge is -2.26. The van der Waals surface area contributed by atoms with Crippen LogP contribution in [0.3, 0.4) is 0 Å². The quantitative estimate of drug-likeness (QED) is 0.163. The maximum atomic E-state index is 13.8. The summed E-state index contributed by atoms with van der Waals surface area (Å²) in [5, 5.41) is 19.3. The van der Waals surface area contributed by atoms with Gasteiger partial charge < -0.3 is 40.4 Å². The molecule has 1 unspecified atom stereocenters. The topological polar surface area (TPSA) is 231 Å². The lowest BCUT2D eigenvalue weighted by molar-refractivity contribution is -0.159. The molecule has 0 aliphatic carbocycles. The van der Waals surface area contributed by atoms with E-state index in [1.54, 1.807) is 72.7 Å². The van der Waals surface area contributed by atoms with Gasteiger partial charge in [-0.3, -0.25) is 14.7 Å². The number of carbonyl (C=O) groups excluding carboxylic acids is 4. The third-order valence-electron chi connectivity index (χ3n) is 6.81. The zero-order valence-electron chi connectivity index (χ0n) is 27.8. The highest BCUT2D eigenvalue weighted by Crippen LogP contribution is 2.33. The second kappa shape index (κ2) is 14.4. The molecule has 0 saturated carbocycles. The molecule has 2 aromatic heterocycles. The largest absolute Gasteiger partial charge is 0.464 e. The minimum Gasteiger partial charge on any atom is -0.464 e. The maximum absolute atomic E-state index is 13.8. The average Bonchev–Trinajstić information content (AvgIpc) is 3.53. The van der Waals surface area contributed by atoms with E-state index in [1.165, 1.54) is 17.2 Å². The molecular formula is C31H42N8O9. The van der Waals surface area contributed by atoms with Crippen molar-refractivity contribution in [1.29, 1.82) is 0 Å². The summed E-state index contributed by atoms with van der Waals surface area (Å²) in [6.45, 7) is 11.9. The van der Waals surface area contributed by atoms with Crippen molar-refractivity contribution in [3.05, 3.63) is 42.5 Å². The molecule has 3 amide bonds. The van der Waals surface area contributed by atoms with Gasteiger partial charge in [0, 0.05) is 12.1 Å². The number of amides is 3. The Morgan fingerprint density at radius 2 is 1.65 bits per heavy atom. The van der Waals surface area contributed by atoms with Gasteiger partial charge in [-0.15, -0.1) is 0 Å². The number of esters is 1. The molecule has 0 bridgehead atoms. The van der Waals surface area contributed by atoms with Gasteiger partial charge in [0.25, 0.3) is 0 Å². The molecule has 1 fully saturated rings. The van der Waals surface area contributed by atoms with Crippen molar-refractivity contribution in [2.24, 2.45) is 0 Å². The lowest BCUT2D eigenvalue weighted by atomic mass is 10.0. The van der Waals surface area contributed by atoms with E-state index >= 15 is 0 Å². The number of aromatic nitrogens is 4. The van der Waals surface area contributed by atoms with Crippen LogP contribution >= 0.6 is 0 Å².